The van der Waals surface area contributed by atoms with Gasteiger partial charge in [0.25, 0.3) is 5.91 Å². The summed E-state index contributed by atoms with van der Waals surface area (Å²) < 4.78 is 10.7. The molecule has 0 saturated heterocycles. The summed E-state index contributed by atoms with van der Waals surface area (Å²) in [6.07, 6.45) is 5.71. The van der Waals surface area contributed by atoms with Crippen LogP contribution < -0.4 is 20.5 Å². The van der Waals surface area contributed by atoms with E-state index in [1.807, 2.05) is 12.1 Å². The zero-order chi connectivity index (χ0) is 14.1. The molecule has 0 atom stereocenters. The van der Waals surface area contributed by atoms with Crippen molar-refractivity contribution >= 4 is 5.91 Å². The van der Waals surface area contributed by atoms with Crippen molar-refractivity contribution in [2.75, 3.05) is 26.8 Å². The lowest BCUT2D eigenvalue weighted by atomic mass is 10.1. The number of methoxy groups -OCH3 is 1. The van der Waals surface area contributed by atoms with Gasteiger partial charge in [-0.05, 0) is 24.6 Å². The quantitative estimate of drug-likeness (QED) is 0.694. The van der Waals surface area contributed by atoms with Crippen molar-refractivity contribution in [3.63, 3.8) is 0 Å². The number of carbonyl (C=O) groups is 1. The van der Waals surface area contributed by atoms with E-state index < -0.39 is 0 Å². The number of nitrogens with two attached hydrogens (primary N) is 1. The molecule has 1 rings (SSSR count). The highest BCUT2D eigenvalue weighted by Gasteiger charge is 2.11. The van der Waals surface area contributed by atoms with Crippen LogP contribution in [0.3, 0.4) is 0 Å². The second-order valence-corrected chi connectivity index (χ2v) is 3.76. The lowest BCUT2D eigenvalue weighted by molar-refractivity contribution is -0.122. The molecule has 1 aromatic carbocycles. The number of para-hydroxylation sites is 1. The molecule has 0 fully saturated rings. The zero-order valence-electron chi connectivity index (χ0n) is 10.9. The maximum absolute atomic E-state index is 11.4. The highest BCUT2D eigenvalue weighted by Crippen LogP contribution is 2.31. The minimum Gasteiger partial charge on any atom is -0.493 e. The van der Waals surface area contributed by atoms with Crippen molar-refractivity contribution in [3.8, 4) is 23.8 Å². The first-order valence-corrected chi connectivity index (χ1v) is 5.91. The van der Waals surface area contributed by atoms with Gasteiger partial charge in [0, 0.05) is 0 Å². The number of hydrogen-bond donors (Lipinski definition) is 2. The second-order valence-electron chi connectivity index (χ2n) is 3.76. The van der Waals surface area contributed by atoms with E-state index in [0.29, 0.717) is 24.5 Å². The van der Waals surface area contributed by atoms with E-state index in [4.69, 9.17) is 21.6 Å². The first-order valence-electron chi connectivity index (χ1n) is 5.91. The number of nitrogens with one attached hydrogen (secondary N) is 1. The Bertz CT molecular complexity index is 466. The minimum atomic E-state index is -0.275. The van der Waals surface area contributed by atoms with Crippen molar-refractivity contribution in [2.24, 2.45) is 5.73 Å². The molecule has 102 valence electrons. The molecule has 0 aliphatic heterocycles. The van der Waals surface area contributed by atoms with Crippen LogP contribution in [0.5, 0.6) is 11.5 Å². The molecule has 19 heavy (non-hydrogen) atoms. The third kappa shape index (κ3) is 4.53. The van der Waals surface area contributed by atoms with Gasteiger partial charge < -0.3 is 20.5 Å². The monoisotopic (exact) mass is 262 g/mol. The van der Waals surface area contributed by atoms with Crippen LogP contribution in [-0.2, 0) is 11.2 Å². The van der Waals surface area contributed by atoms with Gasteiger partial charge in [0.05, 0.1) is 13.7 Å². The third-order valence-electron chi connectivity index (χ3n) is 2.43. The molecule has 3 N–H and O–H groups in total. The van der Waals surface area contributed by atoms with Gasteiger partial charge in [0.2, 0.25) is 0 Å². The number of terminal acetylenes is 1. The Morgan fingerprint density at radius 2 is 2.32 bits per heavy atom. The van der Waals surface area contributed by atoms with E-state index in [1.54, 1.807) is 13.2 Å². The lowest BCUT2D eigenvalue weighted by Gasteiger charge is -2.14. The number of ether oxygens (including phenoxy) is 2. The molecule has 0 aliphatic rings. The van der Waals surface area contributed by atoms with Gasteiger partial charge in [0.15, 0.2) is 18.1 Å². The Balaban J connectivity index is 2.75. The largest absolute Gasteiger partial charge is 0.493 e. The smallest absolute Gasteiger partial charge is 0.258 e. The van der Waals surface area contributed by atoms with Crippen LogP contribution in [0.2, 0.25) is 0 Å². The van der Waals surface area contributed by atoms with Crippen molar-refractivity contribution in [1.29, 1.82) is 0 Å². The number of carbonyl (C=O) groups excluding carboxylic acids is 1. The molecule has 0 saturated carbocycles. The van der Waals surface area contributed by atoms with Crippen LogP contribution in [0, 0.1) is 12.3 Å². The normalized spacial score (nSPS) is 9.53. The van der Waals surface area contributed by atoms with Crippen LogP contribution in [0.1, 0.15) is 5.56 Å². The fraction of sp³-hybridized carbons (Fsp3) is 0.357. The molecule has 0 aliphatic carbocycles. The summed E-state index contributed by atoms with van der Waals surface area (Å²) >= 11 is 0. The van der Waals surface area contributed by atoms with Gasteiger partial charge in [-0.25, -0.2) is 0 Å². The summed E-state index contributed by atoms with van der Waals surface area (Å²) in [4.78, 5) is 11.4. The van der Waals surface area contributed by atoms with Gasteiger partial charge >= 0.3 is 0 Å². The molecule has 0 spiro atoms. The summed E-state index contributed by atoms with van der Waals surface area (Å²) in [6, 6.07) is 5.52. The van der Waals surface area contributed by atoms with Gasteiger partial charge in [-0.2, -0.15) is 0 Å². The molecule has 1 aromatic rings. The van der Waals surface area contributed by atoms with Gasteiger partial charge in [-0.15, -0.1) is 6.42 Å². The first kappa shape index (κ1) is 14.9. The van der Waals surface area contributed by atoms with Crippen LogP contribution in [0.25, 0.3) is 0 Å². The Kier molecular flexibility index (Phi) is 6.27. The van der Waals surface area contributed by atoms with Gasteiger partial charge in [0.1, 0.15) is 0 Å². The first-order chi connectivity index (χ1) is 9.22. The molecule has 0 aromatic heterocycles. The highest BCUT2D eigenvalue weighted by atomic mass is 16.5. The average molecular weight is 262 g/mol. The Labute approximate surface area is 113 Å². The molecule has 1 amide bonds. The Hall–Kier alpha value is -2.19. The summed E-state index contributed by atoms with van der Waals surface area (Å²) in [5.41, 5.74) is 6.45. The Morgan fingerprint density at radius 1 is 1.53 bits per heavy atom. The number of rotatable bonds is 7. The van der Waals surface area contributed by atoms with Gasteiger partial charge in [-0.3, -0.25) is 4.79 Å². The maximum Gasteiger partial charge on any atom is 0.258 e. The van der Waals surface area contributed by atoms with E-state index in [0.717, 1.165) is 5.56 Å². The fourth-order valence-electron chi connectivity index (χ4n) is 1.58. The highest BCUT2D eigenvalue weighted by molar-refractivity contribution is 5.77. The van der Waals surface area contributed by atoms with E-state index in [9.17, 15) is 4.79 Å². The maximum atomic E-state index is 11.4. The van der Waals surface area contributed by atoms with Crippen molar-refractivity contribution < 1.29 is 14.3 Å². The fourth-order valence-corrected chi connectivity index (χ4v) is 1.58. The van der Waals surface area contributed by atoms with E-state index >= 15 is 0 Å². The zero-order valence-corrected chi connectivity index (χ0v) is 10.9. The lowest BCUT2D eigenvalue weighted by Crippen LogP contribution is -2.29. The molecule has 5 heteroatoms. The molecule has 0 radical (unpaired) electrons. The molecule has 0 bridgehead atoms. The molecule has 0 heterocycles. The molecule has 5 nitrogen and oxygen atoms in total. The number of benzene rings is 1. The number of amides is 1. The van der Waals surface area contributed by atoms with Crippen LogP contribution in [0.15, 0.2) is 18.2 Å². The summed E-state index contributed by atoms with van der Waals surface area (Å²) in [6.45, 7) is 0.566. The third-order valence-corrected chi connectivity index (χ3v) is 2.43. The van der Waals surface area contributed by atoms with Crippen LogP contribution >= 0.6 is 0 Å². The van der Waals surface area contributed by atoms with Crippen molar-refractivity contribution in [1.82, 2.24) is 5.32 Å². The van der Waals surface area contributed by atoms with E-state index in [-0.39, 0.29) is 19.1 Å². The topological polar surface area (TPSA) is 73.6 Å². The van der Waals surface area contributed by atoms with Crippen LogP contribution in [0.4, 0.5) is 0 Å². The van der Waals surface area contributed by atoms with Gasteiger partial charge in [-0.1, -0.05) is 18.1 Å². The minimum absolute atomic E-state index is 0.111. The molecular formula is C14H18N2O3. The summed E-state index contributed by atoms with van der Waals surface area (Å²) in [7, 11) is 1.55. The molecule has 0 unspecified atom stereocenters. The van der Waals surface area contributed by atoms with Crippen LogP contribution in [-0.4, -0.2) is 32.7 Å². The van der Waals surface area contributed by atoms with E-state index in [2.05, 4.69) is 11.2 Å². The number of hydrogen-bond acceptors (Lipinski definition) is 4. The summed E-state index contributed by atoms with van der Waals surface area (Å²) in [5, 5.41) is 2.53. The molecular weight excluding hydrogens is 244 g/mol. The van der Waals surface area contributed by atoms with Crippen molar-refractivity contribution in [2.45, 2.75) is 6.42 Å². The standard InChI is InChI=1S/C14H18N2O3/c1-3-9-16-13(17)10-19-14-11(7-8-15)5-4-6-12(14)18-2/h1,4-6H,7-10,15H2,2H3,(H,16,17). The second kappa shape index (κ2) is 8.01. The predicted molar refractivity (Wildman–Crippen MR) is 73.1 cm³/mol. The van der Waals surface area contributed by atoms with E-state index in [1.165, 1.54) is 0 Å². The predicted octanol–water partition coefficient (Wildman–Crippen LogP) is 0.325. The van der Waals surface area contributed by atoms with Crippen molar-refractivity contribution in [3.05, 3.63) is 23.8 Å². The summed E-state index contributed by atoms with van der Waals surface area (Å²) in [5.74, 6) is 3.17. The average Bonchev–Trinajstić information content (AvgIpc) is 2.43. The Morgan fingerprint density at radius 3 is 2.95 bits per heavy atom. The SMILES string of the molecule is C#CCNC(=O)COc1c(CCN)cccc1OC.